The van der Waals surface area contributed by atoms with E-state index in [1.165, 1.54) is 0 Å². The van der Waals surface area contributed by atoms with E-state index >= 15 is 0 Å². The number of hydrogen-bond donors (Lipinski definition) is 5. The van der Waals surface area contributed by atoms with Gasteiger partial charge in [0.05, 0.1) is 12.6 Å². The molecule has 0 fully saturated rings. The molecule has 6 N–H and O–H groups in total. The normalized spacial score (nSPS) is 17.5. The van der Waals surface area contributed by atoms with Crippen molar-refractivity contribution in [2.45, 2.75) is 58.7 Å². The van der Waals surface area contributed by atoms with E-state index in [-0.39, 0.29) is 11.8 Å². The first-order chi connectivity index (χ1) is 10.7. The van der Waals surface area contributed by atoms with Crippen LogP contribution in [0.4, 0.5) is 0 Å². The highest BCUT2D eigenvalue weighted by atomic mass is 16.4. The van der Waals surface area contributed by atoms with Crippen molar-refractivity contribution in [1.29, 1.82) is 0 Å². The summed E-state index contributed by atoms with van der Waals surface area (Å²) in [7, 11) is 0. The predicted octanol–water partition coefficient (Wildman–Crippen LogP) is -0.548. The van der Waals surface area contributed by atoms with Gasteiger partial charge in [0.25, 0.3) is 0 Å². The molecule has 0 saturated heterocycles. The summed E-state index contributed by atoms with van der Waals surface area (Å²) in [6.45, 7) is 6.56. The standard InChI is InChI=1S/C15H29N3O5/c1-5-8(3)11(16)14(21)17-10(7-19)13(20)18-12(15(22)23)9(4)6-2/h8-12,19H,5-7,16H2,1-4H3,(H,17,21)(H,18,20)(H,22,23)/t8-,9-,10-,11-,12-/m0/s1. The van der Waals surface area contributed by atoms with Gasteiger partial charge in [-0.25, -0.2) is 4.79 Å². The summed E-state index contributed by atoms with van der Waals surface area (Å²) in [6.07, 6.45) is 1.26. The molecular formula is C15H29N3O5. The third-order valence-corrected chi connectivity index (χ3v) is 4.15. The van der Waals surface area contributed by atoms with Crippen LogP contribution in [-0.4, -0.2) is 52.7 Å². The monoisotopic (exact) mass is 331 g/mol. The lowest BCUT2D eigenvalue weighted by atomic mass is 9.98. The maximum Gasteiger partial charge on any atom is 0.326 e. The highest BCUT2D eigenvalue weighted by Gasteiger charge is 2.30. The quantitative estimate of drug-likeness (QED) is 0.364. The highest BCUT2D eigenvalue weighted by Crippen LogP contribution is 2.09. The molecule has 0 saturated carbocycles. The molecule has 23 heavy (non-hydrogen) atoms. The molecule has 134 valence electrons. The van der Waals surface area contributed by atoms with Crippen LogP contribution in [0.3, 0.4) is 0 Å². The van der Waals surface area contributed by atoms with Crippen LogP contribution in [0.25, 0.3) is 0 Å². The lowest BCUT2D eigenvalue weighted by Gasteiger charge is -2.25. The number of aliphatic hydroxyl groups is 1. The van der Waals surface area contributed by atoms with E-state index in [1.807, 2.05) is 20.8 Å². The summed E-state index contributed by atoms with van der Waals surface area (Å²) in [5, 5.41) is 23.2. The number of aliphatic hydroxyl groups excluding tert-OH is 1. The van der Waals surface area contributed by atoms with Crippen molar-refractivity contribution in [3.05, 3.63) is 0 Å². The summed E-state index contributed by atoms with van der Waals surface area (Å²) in [4.78, 5) is 35.3. The van der Waals surface area contributed by atoms with Gasteiger partial charge < -0.3 is 26.6 Å². The Hall–Kier alpha value is -1.67. The van der Waals surface area contributed by atoms with Crippen LogP contribution in [-0.2, 0) is 14.4 Å². The maximum absolute atomic E-state index is 12.1. The average Bonchev–Trinajstić information content (AvgIpc) is 2.54. The van der Waals surface area contributed by atoms with Gasteiger partial charge in [-0.15, -0.1) is 0 Å². The highest BCUT2D eigenvalue weighted by molar-refractivity contribution is 5.92. The van der Waals surface area contributed by atoms with Crippen LogP contribution in [0.2, 0.25) is 0 Å². The number of nitrogens with one attached hydrogen (secondary N) is 2. The van der Waals surface area contributed by atoms with Gasteiger partial charge in [0.15, 0.2) is 0 Å². The van der Waals surface area contributed by atoms with E-state index in [0.717, 1.165) is 0 Å². The number of carbonyl (C=O) groups excluding carboxylic acids is 2. The number of carboxylic acid groups (broad SMARTS) is 1. The number of carboxylic acids is 1. The van der Waals surface area contributed by atoms with Crippen molar-refractivity contribution in [2.24, 2.45) is 17.6 Å². The first-order valence-corrected chi connectivity index (χ1v) is 7.89. The van der Waals surface area contributed by atoms with E-state index in [2.05, 4.69) is 10.6 Å². The smallest absolute Gasteiger partial charge is 0.326 e. The fraction of sp³-hybridized carbons (Fsp3) is 0.800. The zero-order chi connectivity index (χ0) is 18.2. The van der Waals surface area contributed by atoms with Gasteiger partial charge in [-0.05, 0) is 11.8 Å². The minimum Gasteiger partial charge on any atom is -0.480 e. The van der Waals surface area contributed by atoms with Crippen molar-refractivity contribution in [1.82, 2.24) is 10.6 Å². The first-order valence-electron chi connectivity index (χ1n) is 7.89. The molecular weight excluding hydrogens is 302 g/mol. The number of nitrogens with two attached hydrogens (primary N) is 1. The second-order valence-electron chi connectivity index (χ2n) is 5.87. The minimum atomic E-state index is -1.23. The molecule has 0 radical (unpaired) electrons. The van der Waals surface area contributed by atoms with Crippen LogP contribution in [0.15, 0.2) is 0 Å². The molecule has 8 heteroatoms. The number of rotatable bonds is 10. The zero-order valence-electron chi connectivity index (χ0n) is 14.2. The molecule has 5 atom stereocenters. The number of amides is 2. The van der Waals surface area contributed by atoms with E-state index in [9.17, 15) is 19.5 Å². The van der Waals surface area contributed by atoms with Crippen LogP contribution in [0, 0.1) is 11.8 Å². The molecule has 0 aromatic heterocycles. The summed E-state index contributed by atoms with van der Waals surface area (Å²) < 4.78 is 0. The molecule has 0 aliphatic carbocycles. The van der Waals surface area contributed by atoms with Crippen molar-refractivity contribution < 1.29 is 24.6 Å². The molecule has 0 bridgehead atoms. The molecule has 0 unspecified atom stereocenters. The third kappa shape index (κ3) is 6.54. The van der Waals surface area contributed by atoms with E-state index in [4.69, 9.17) is 10.8 Å². The van der Waals surface area contributed by atoms with Crippen LogP contribution < -0.4 is 16.4 Å². The Morgan fingerprint density at radius 3 is 1.91 bits per heavy atom. The first kappa shape index (κ1) is 21.3. The molecule has 0 aromatic carbocycles. The fourth-order valence-electron chi connectivity index (χ4n) is 1.91. The Bertz CT molecular complexity index is 416. The molecule has 0 spiro atoms. The van der Waals surface area contributed by atoms with E-state index in [0.29, 0.717) is 12.8 Å². The average molecular weight is 331 g/mol. The molecule has 2 amide bonds. The second kappa shape index (κ2) is 10.2. The Kier molecular flexibility index (Phi) is 9.43. The summed E-state index contributed by atoms with van der Waals surface area (Å²) in [6, 6.07) is -3.11. The SMILES string of the molecule is CC[C@H](C)[C@H](N)C(=O)N[C@@H](CO)C(=O)N[C@H](C(=O)O)[C@@H](C)CC. The Labute approximate surface area is 136 Å². The topological polar surface area (TPSA) is 142 Å². The van der Waals surface area contributed by atoms with Crippen molar-refractivity contribution in [2.75, 3.05) is 6.61 Å². The fourth-order valence-corrected chi connectivity index (χ4v) is 1.91. The van der Waals surface area contributed by atoms with Crippen LogP contribution >= 0.6 is 0 Å². The molecule has 0 aliphatic rings. The van der Waals surface area contributed by atoms with E-state index in [1.54, 1.807) is 6.92 Å². The number of carbonyl (C=O) groups is 3. The molecule has 8 nitrogen and oxygen atoms in total. The zero-order valence-corrected chi connectivity index (χ0v) is 14.2. The minimum absolute atomic E-state index is 0.0794. The summed E-state index contributed by atoms with van der Waals surface area (Å²) in [5.74, 6) is -2.82. The lowest BCUT2D eigenvalue weighted by Crippen LogP contribution is -2.57. The second-order valence-corrected chi connectivity index (χ2v) is 5.87. The molecule has 0 aliphatic heterocycles. The maximum atomic E-state index is 12.1. The van der Waals surface area contributed by atoms with Crippen molar-refractivity contribution in [3.8, 4) is 0 Å². The van der Waals surface area contributed by atoms with Crippen LogP contribution in [0.5, 0.6) is 0 Å². The number of hydrogen-bond acceptors (Lipinski definition) is 5. The molecule has 0 rings (SSSR count). The predicted molar refractivity (Wildman–Crippen MR) is 85.5 cm³/mol. The van der Waals surface area contributed by atoms with Crippen LogP contribution in [0.1, 0.15) is 40.5 Å². The van der Waals surface area contributed by atoms with E-state index < -0.39 is 42.5 Å². The van der Waals surface area contributed by atoms with Crippen molar-refractivity contribution in [3.63, 3.8) is 0 Å². The lowest BCUT2D eigenvalue weighted by molar-refractivity contribution is -0.144. The summed E-state index contributed by atoms with van der Waals surface area (Å²) >= 11 is 0. The number of aliphatic carboxylic acids is 1. The van der Waals surface area contributed by atoms with Gasteiger partial charge in [-0.3, -0.25) is 9.59 Å². The third-order valence-electron chi connectivity index (χ3n) is 4.15. The van der Waals surface area contributed by atoms with Gasteiger partial charge in [-0.1, -0.05) is 40.5 Å². The van der Waals surface area contributed by atoms with Gasteiger partial charge in [0, 0.05) is 0 Å². The Morgan fingerprint density at radius 2 is 1.52 bits per heavy atom. The Balaban J connectivity index is 4.86. The van der Waals surface area contributed by atoms with Gasteiger partial charge >= 0.3 is 5.97 Å². The molecule has 0 heterocycles. The molecule has 0 aromatic rings. The summed E-state index contributed by atoms with van der Waals surface area (Å²) in [5.41, 5.74) is 5.77. The van der Waals surface area contributed by atoms with Gasteiger partial charge in [0.1, 0.15) is 12.1 Å². The van der Waals surface area contributed by atoms with Crippen molar-refractivity contribution >= 4 is 17.8 Å². The van der Waals surface area contributed by atoms with Gasteiger partial charge in [-0.2, -0.15) is 0 Å². The van der Waals surface area contributed by atoms with Gasteiger partial charge in [0.2, 0.25) is 11.8 Å². The Morgan fingerprint density at radius 1 is 1.00 bits per heavy atom. The largest absolute Gasteiger partial charge is 0.480 e.